The molecule has 1 aliphatic rings. The van der Waals surface area contributed by atoms with Gasteiger partial charge in [0.1, 0.15) is 11.9 Å². The lowest BCUT2D eigenvalue weighted by Gasteiger charge is -2.29. The minimum absolute atomic E-state index is 0.0216. The first-order chi connectivity index (χ1) is 8.70. The maximum Gasteiger partial charge on any atom is 0.180 e. The van der Waals surface area contributed by atoms with E-state index in [1.54, 1.807) is 6.07 Å². The summed E-state index contributed by atoms with van der Waals surface area (Å²) < 4.78 is 5.95. The zero-order valence-electron chi connectivity index (χ0n) is 10.8. The predicted octanol–water partition coefficient (Wildman–Crippen LogP) is 1.30. The molecule has 0 radical (unpaired) electrons. The molecule has 2 N–H and O–H groups in total. The van der Waals surface area contributed by atoms with Gasteiger partial charge in [-0.2, -0.15) is 0 Å². The summed E-state index contributed by atoms with van der Waals surface area (Å²) in [5, 5.41) is 0. The van der Waals surface area contributed by atoms with Crippen LogP contribution in [0.4, 0.5) is 0 Å². The molecule has 1 aromatic rings. The Morgan fingerprint density at radius 1 is 1.39 bits per heavy atom. The van der Waals surface area contributed by atoms with Crippen molar-refractivity contribution < 1.29 is 9.53 Å². The number of nitrogens with zero attached hydrogens (tertiary/aromatic N) is 1. The van der Waals surface area contributed by atoms with E-state index in [0.29, 0.717) is 11.3 Å². The quantitative estimate of drug-likeness (QED) is 0.816. The van der Waals surface area contributed by atoms with E-state index in [-0.39, 0.29) is 18.4 Å². The van der Waals surface area contributed by atoms with Gasteiger partial charge in [-0.15, -0.1) is 0 Å². The second kappa shape index (κ2) is 5.98. The summed E-state index contributed by atoms with van der Waals surface area (Å²) in [6.07, 6.45) is 2.21. The third kappa shape index (κ3) is 3.09. The Morgan fingerprint density at radius 3 is 2.72 bits per heavy atom. The molecule has 1 fully saturated rings. The van der Waals surface area contributed by atoms with Crippen LogP contribution in [-0.2, 0) is 0 Å². The fourth-order valence-corrected chi connectivity index (χ4v) is 2.19. The van der Waals surface area contributed by atoms with Crippen molar-refractivity contribution >= 4 is 5.78 Å². The standard InChI is InChI=1S/C14H20N2O2/c1-16-8-6-11(7-9-16)18-14-5-3-2-4-12(14)13(17)10-15/h2-5,11H,6-10,15H2,1H3. The highest BCUT2D eigenvalue weighted by molar-refractivity contribution is 5.99. The number of likely N-dealkylation sites (tertiary alicyclic amines) is 1. The molecule has 4 nitrogen and oxygen atoms in total. The van der Waals surface area contributed by atoms with Gasteiger partial charge >= 0.3 is 0 Å². The monoisotopic (exact) mass is 248 g/mol. The van der Waals surface area contributed by atoms with Crippen LogP contribution in [0, 0.1) is 0 Å². The first-order valence-electron chi connectivity index (χ1n) is 6.38. The van der Waals surface area contributed by atoms with Crippen LogP contribution >= 0.6 is 0 Å². The first-order valence-corrected chi connectivity index (χ1v) is 6.38. The fraction of sp³-hybridized carbons (Fsp3) is 0.500. The van der Waals surface area contributed by atoms with Crippen molar-refractivity contribution in [2.45, 2.75) is 18.9 Å². The van der Waals surface area contributed by atoms with Gasteiger partial charge in [0.05, 0.1) is 12.1 Å². The molecule has 0 bridgehead atoms. The lowest BCUT2D eigenvalue weighted by molar-refractivity contribution is 0.0971. The third-order valence-corrected chi connectivity index (χ3v) is 3.33. The second-order valence-electron chi connectivity index (χ2n) is 4.74. The first kappa shape index (κ1) is 13.1. The maximum absolute atomic E-state index is 11.7. The average Bonchev–Trinajstić information content (AvgIpc) is 2.41. The highest BCUT2D eigenvalue weighted by Gasteiger charge is 2.20. The van der Waals surface area contributed by atoms with Crippen LogP contribution < -0.4 is 10.5 Å². The molecule has 0 unspecified atom stereocenters. The summed E-state index contributed by atoms with van der Waals surface area (Å²) in [4.78, 5) is 14.0. The summed E-state index contributed by atoms with van der Waals surface area (Å²) in [5.41, 5.74) is 6.01. The Hall–Kier alpha value is -1.39. The number of benzene rings is 1. The van der Waals surface area contributed by atoms with Crippen LogP contribution in [0.25, 0.3) is 0 Å². The molecule has 98 valence electrons. The van der Waals surface area contributed by atoms with Crippen molar-refractivity contribution in [2.24, 2.45) is 5.73 Å². The van der Waals surface area contributed by atoms with Gasteiger partial charge in [0, 0.05) is 13.1 Å². The third-order valence-electron chi connectivity index (χ3n) is 3.33. The Labute approximate surface area is 108 Å². The molecule has 4 heteroatoms. The van der Waals surface area contributed by atoms with Crippen molar-refractivity contribution in [3.63, 3.8) is 0 Å². The smallest absolute Gasteiger partial charge is 0.180 e. The van der Waals surface area contributed by atoms with Crippen LogP contribution in [0.2, 0.25) is 0 Å². The zero-order valence-corrected chi connectivity index (χ0v) is 10.8. The number of hydrogen-bond acceptors (Lipinski definition) is 4. The van der Waals surface area contributed by atoms with E-state index in [1.165, 1.54) is 0 Å². The number of rotatable bonds is 4. The van der Waals surface area contributed by atoms with Gasteiger partial charge < -0.3 is 15.4 Å². The van der Waals surface area contributed by atoms with Gasteiger partial charge in [-0.3, -0.25) is 4.79 Å². The molecule has 1 aliphatic heterocycles. The number of ketones is 1. The number of carbonyl (C=O) groups excluding carboxylic acids is 1. The molecule has 18 heavy (non-hydrogen) atoms. The Morgan fingerprint density at radius 2 is 2.06 bits per heavy atom. The van der Waals surface area contributed by atoms with Gasteiger partial charge in [-0.25, -0.2) is 0 Å². The van der Waals surface area contributed by atoms with Gasteiger partial charge in [-0.05, 0) is 32.0 Å². The molecule has 2 rings (SSSR count). The van der Waals surface area contributed by atoms with E-state index in [0.717, 1.165) is 25.9 Å². The summed E-state index contributed by atoms with van der Waals surface area (Å²) in [7, 11) is 2.11. The lowest BCUT2D eigenvalue weighted by atomic mass is 10.1. The molecule has 0 amide bonds. The number of Topliss-reactive ketones (excluding diaryl/α,β-unsaturated/α-hetero) is 1. The molecule has 1 heterocycles. The molecule has 0 saturated carbocycles. The highest BCUT2D eigenvalue weighted by atomic mass is 16.5. The molecule has 1 aromatic carbocycles. The molecule has 0 atom stereocenters. The van der Waals surface area contributed by atoms with E-state index < -0.39 is 0 Å². The zero-order chi connectivity index (χ0) is 13.0. The highest BCUT2D eigenvalue weighted by Crippen LogP contribution is 2.23. The molecular weight excluding hydrogens is 228 g/mol. The molecule has 0 aromatic heterocycles. The number of piperidine rings is 1. The van der Waals surface area contributed by atoms with Gasteiger partial charge in [0.15, 0.2) is 5.78 Å². The molecule has 0 aliphatic carbocycles. The average molecular weight is 248 g/mol. The molecule has 1 saturated heterocycles. The Balaban J connectivity index is 2.07. The van der Waals surface area contributed by atoms with E-state index in [1.807, 2.05) is 18.2 Å². The molecular formula is C14H20N2O2. The Kier molecular flexibility index (Phi) is 4.33. The number of carbonyl (C=O) groups is 1. The second-order valence-corrected chi connectivity index (χ2v) is 4.74. The van der Waals surface area contributed by atoms with Crippen molar-refractivity contribution in [1.29, 1.82) is 0 Å². The number of ether oxygens (including phenoxy) is 1. The van der Waals surface area contributed by atoms with E-state index in [2.05, 4.69) is 11.9 Å². The maximum atomic E-state index is 11.7. The largest absolute Gasteiger partial charge is 0.490 e. The minimum atomic E-state index is -0.0708. The SMILES string of the molecule is CN1CCC(Oc2ccccc2C(=O)CN)CC1. The van der Waals surface area contributed by atoms with Crippen molar-refractivity contribution in [1.82, 2.24) is 4.90 Å². The topological polar surface area (TPSA) is 55.6 Å². The van der Waals surface area contributed by atoms with Gasteiger partial charge in [0.25, 0.3) is 0 Å². The number of nitrogens with two attached hydrogens (primary N) is 1. The van der Waals surface area contributed by atoms with Crippen molar-refractivity contribution in [3.8, 4) is 5.75 Å². The summed E-state index contributed by atoms with van der Waals surface area (Å²) in [5.74, 6) is 0.598. The normalized spacial score (nSPS) is 17.7. The Bertz CT molecular complexity index is 412. The fourth-order valence-electron chi connectivity index (χ4n) is 2.19. The number of hydrogen-bond donors (Lipinski definition) is 1. The predicted molar refractivity (Wildman–Crippen MR) is 71.0 cm³/mol. The van der Waals surface area contributed by atoms with E-state index in [9.17, 15) is 4.79 Å². The van der Waals surface area contributed by atoms with Crippen LogP contribution in [0.3, 0.4) is 0 Å². The van der Waals surface area contributed by atoms with Crippen molar-refractivity contribution in [2.75, 3.05) is 26.7 Å². The van der Waals surface area contributed by atoms with Crippen molar-refractivity contribution in [3.05, 3.63) is 29.8 Å². The van der Waals surface area contributed by atoms with Crippen LogP contribution in [0.15, 0.2) is 24.3 Å². The van der Waals surface area contributed by atoms with Crippen LogP contribution in [-0.4, -0.2) is 43.5 Å². The number of para-hydroxylation sites is 1. The van der Waals surface area contributed by atoms with E-state index >= 15 is 0 Å². The molecule has 0 spiro atoms. The van der Waals surface area contributed by atoms with Gasteiger partial charge in [-0.1, -0.05) is 12.1 Å². The van der Waals surface area contributed by atoms with Crippen LogP contribution in [0.5, 0.6) is 5.75 Å². The summed E-state index contributed by atoms with van der Waals surface area (Å²) in [6.45, 7) is 2.10. The van der Waals surface area contributed by atoms with Gasteiger partial charge in [0.2, 0.25) is 0 Å². The lowest BCUT2D eigenvalue weighted by Crippen LogP contribution is -2.36. The summed E-state index contributed by atoms with van der Waals surface area (Å²) in [6, 6.07) is 7.35. The minimum Gasteiger partial charge on any atom is -0.490 e. The summed E-state index contributed by atoms with van der Waals surface area (Å²) >= 11 is 0. The van der Waals surface area contributed by atoms with Crippen LogP contribution in [0.1, 0.15) is 23.2 Å². The van der Waals surface area contributed by atoms with E-state index in [4.69, 9.17) is 10.5 Å².